The van der Waals surface area contributed by atoms with Crippen molar-refractivity contribution >= 4 is 17.7 Å². The van der Waals surface area contributed by atoms with E-state index in [0.717, 1.165) is 25.7 Å². The second kappa shape index (κ2) is 8.57. The first-order chi connectivity index (χ1) is 13.1. The summed E-state index contributed by atoms with van der Waals surface area (Å²) in [5, 5.41) is 7.05. The van der Waals surface area contributed by atoms with Crippen molar-refractivity contribution in [2.45, 2.75) is 31.7 Å². The summed E-state index contributed by atoms with van der Waals surface area (Å²) < 4.78 is 17.3. The van der Waals surface area contributed by atoms with E-state index < -0.39 is 18.5 Å². The molecule has 3 rings (SSSR count). The second-order valence-corrected chi connectivity index (χ2v) is 6.26. The van der Waals surface area contributed by atoms with Gasteiger partial charge in [0.05, 0.1) is 26.5 Å². The third kappa shape index (κ3) is 4.21. The first kappa shape index (κ1) is 18.8. The predicted molar refractivity (Wildman–Crippen MR) is 98.2 cm³/mol. The average Bonchev–Trinajstić information content (AvgIpc) is 3.36. The van der Waals surface area contributed by atoms with Crippen molar-refractivity contribution in [1.82, 2.24) is 9.78 Å². The van der Waals surface area contributed by atoms with Gasteiger partial charge >= 0.3 is 5.97 Å². The summed E-state index contributed by atoms with van der Waals surface area (Å²) in [6.45, 7) is -0.408. The van der Waals surface area contributed by atoms with Crippen LogP contribution in [0.15, 0.2) is 30.5 Å². The molecule has 0 atom stereocenters. The molecule has 27 heavy (non-hydrogen) atoms. The van der Waals surface area contributed by atoms with E-state index in [2.05, 4.69) is 10.4 Å². The lowest BCUT2D eigenvalue weighted by Crippen LogP contribution is -2.23. The zero-order chi connectivity index (χ0) is 19.2. The van der Waals surface area contributed by atoms with Crippen molar-refractivity contribution < 1.29 is 23.8 Å². The van der Waals surface area contributed by atoms with Crippen LogP contribution < -0.4 is 14.8 Å². The number of esters is 1. The monoisotopic (exact) mass is 373 g/mol. The van der Waals surface area contributed by atoms with Crippen LogP contribution in [0.25, 0.3) is 0 Å². The quantitative estimate of drug-likeness (QED) is 0.751. The number of carbonyl (C=O) groups excluding carboxylic acids is 2. The minimum atomic E-state index is -0.662. The van der Waals surface area contributed by atoms with Gasteiger partial charge in [-0.05, 0) is 25.0 Å². The molecule has 1 fully saturated rings. The number of ether oxygens (including phenoxy) is 3. The third-order valence-electron chi connectivity index (χ3n) is 4.57. The van der Waals surface area contributed by atoms with Crippen molar-refractivity contribution in [2.75, 3.05) is 26.1 Å². The van der Waals surface area contributed by atoms with Crippen LogP contribution in [0.4, 0.5) is 5.82 Å². The number of amides is 1. The van der Waals surface area contributed by atoms with Crippen molar-refractivity contribution in [3.63, 3.8) is 0 Å². The molecule has 0 unspecified atom stereocenters. The molecule has 1 heterocycles. The SMILES string of the molecule is COc1cccc(C(=O)OCC(=O)Nc2ccnn2C2CCCC2)c1OC. The number of anilines is 1. The summed E-state index contributed by atoms with van der Waals surface area (Å²) in [5.74, 6) is 0.207. The van der Waals surface area contributed by atoms with Gasteiger partial charge in [0.25, 0.3) is 5.91 Å². The van der Waals surface area contributed by atoms with Gasteiger partial charge in [0.15, 0.2) is 18.1 Å². The van der Waals surface area contributed by atoms with E-state index in [4.69, 9.17) is 14.2 Å². The lowest BCUT2D eigenvalue weighted by molar-refractivity contribution is -0.119. The highest BCUT2D eigenvalue weighted by Crippen LogP contribution is 2.32. The highest BCUT2D eigenvalue weighted by atomic mass is 16.5. The minimum Gasteiger partial charge on any atom is -0.493 e. The summed E-state index contributed by atoms with van der Waals surface area (Å²) in [5.41, 5.74) is 0.195. The number of nitrogens with zero attached hydrogens (tertiary/aromatic N) is 2. The Morgan fingerprint density at radius 1 is 1.19 bits per heavy atom. The molecule has 2 aromatic rings. The number of aromatic nitrogens is 2. The Labute approximate surface area is 157 Å². The van der Waals surface area contributed by atoms with Crippen LogP contribution in [0.1, 0.15) is 42.1 Å². The molecule has 1 aliphatic carbocycles. The van der Waals surface area contributed by atoms with Crippen LogP contribution in [0.5, 0.6) is 11.5 Å². The van der Waals surface area contributed by atoms with Crippen LogP contribution in [0.2, 0.25) is 0 Å². The summed E-state index contributed by atoms with van der Waals surface area (Å²) >= 11 is 0. The fourth-order valence-electron chi connectivity index (χ4n) is 3.29. The Hall–Kier alpha value is -3.03. The molecule has 8 heteroatoms. The Kier molecular flexibility index (Phi) is 5.95. The highest BCUT2D eigenvalue weighted by molar-refractivity contribution is 5.97. The van der Waals surface area contributed by atoms with Gasteiger partial charge in [-0.1, -0.05) is 18.9 Å². The Morgan fingerprint density at radius 3 is 2.67 bits per heavy atom. The molecule has 1 N–H and O–H groups in total. The Bertz CT molecular complexity index is 811. The van der Waals surface area contributed by atoms with E-state index in [1.807, 2.05) is 4.68 Å². The van der Waals surface area contributed by atoms with E-state index in [9.17, 15) is 9.59 Å². The van der Waals surface area contributed by atoms with Crippen molar-refractivity contribution in [3.8, 4) is 11.5 Å². The Balaban J connectivity index is 1.60. The van der Waals surface area contributed by atoms with Gasteiger partial charge in [-0.25, -0.2) is 9.48 Å². The minimum absolute atomic E-state index is 0.195. The zero-order valence-corrected chi connectivity index (χ0v) is 15.4. The van der Waals surface area contributed by atoms with Gasteiger partial charge in [-0.2, -0.15) is 5.10 Å². The summed E-state index contributed by atoms with van der Waals surface area (Å²) in [7, 11) is 2.92. The van der Waals surface area contributed by atoms with Crippen LogP contribution in [0.3, 0.4) is 0 Å². The van der Waals surface area contributed by atoms with Crippen molar-refractivity contribution in [2.24, 2.45) is 0 Å². The van der Waals surface area contributed by atoms with E-state index in [0.29, 0.717) is 17.6 Å². The number of rotatable bonds is 7. The molecule has 0 radical (unpaired) electrons. The number of nitrogens with one attached hydrogen (secondary N) is 1. The lowest BCUT2D eigenvalue weighted by Gasteiger charge is -2.15. The van der Waals surface area contributed by atoms with Crippen LogP contribution in [0, 0.1) is 0 Å². The topological polar surface area (TPSA) is 91.7 Å². The first-order valence-electron chi connectivity index (χ1n) is 8.85. The molecule has 8 nitrogen and oxygen atoms in total. The zero-order valence-electron chi connectivity index (χ0n) is 15.4. The highest BCUT2D eigenvalue weighted by Gasteiger charge is 2.22. The standard InChI is InChI=1S/C19H23N3O5/c1-25-15-9-5-8-14(18(15)26-2)19(24)27-12-17(23)21-16-10-11-20-22(16)13-6-3-4-7-13/h5,8-11,13H,3-4,6-7,12H2,1-2H3,(H,21,23). The average molecular weight is 373 g/mol. The lowest BCUT2D eigenvalue weighted by atomic mass is 10.2. The molecule has 1 aromatic carbocycles. The van der Waals surface area contributed by atoms with Crippen LogP contribution >= 0.6 is 0 Å². The molecule has 144 valence electrons. The van der Waals surface area contributed by atoms with E-state index in [1.54, 1.807) is 30.5 Å². The van der Waals surface area contributed by atoms with Gasteiger partial charge in [-0.15, -0.1) is 0 Å². The summed E-state index contributed by atoms with van der Waals surface area (Å²) in [6, 6.07) is 6.92. The van der Waals surface area contributed by atoms with Gasteiger partial charge in [0, 0.05) is 6.07 Å². The van der Waals surface area contributed by atoms with E-state index in [1.165, 1.54) is 14.2 Å². The maximum atomic E-state index is 12.3. The van der Waals surface area contributed by atoms with Crippen LogP contribution in [-0.2, 0) is 9.53 Å². The molecular weight excluding hydrogens is 350 g/mol. The van der Waals surface area contributed by atoms with Crippen molar-refractivity contribution in [3.05, 3.63) is 36.0 Å². The molecule has 0 bridgehead atoms. The largest absolute Gasteiger partial charge is 0.493 e. The first-order valence-corrected chi connectivity index (χ1v) is 8.85. The number of hydrogen-bond donors (Lipinski definition) is 1. The number of para-hydroxylation sites is 1. The molecule has 1 aromatic heterocycles. The van der Waals surface area contributed by atoms with Gasteiger partial charge in [0.1, 0.15) is 11.4 Å². The Morgan fingerprint density at radius 2 is 1.96 bits per heavy atom. The molecular formula is C19H23N3O5. The number of carbonyl (C=O) groups is 2. The maximum absolute atomic E-state index is 12.3. The fraction of sp³-hybridized carbons (Fsp3) is 0.421. The fourth-order valence-corrected chi connectivity index (χ4v) is 3.29. The predicted octanol–water partition coefficient (Wildman–Crippen LogP) is 2.81. The van der Waals surface area contributed by atoms with Crippen molar-refractivity contribution in [1.29, 1.82) is 0 Å². The molecule has 1 amide bonds. The molecule has 1 aliphatic rings. The summed E-state index contributed by atoms with van der Waals surface area (Å²) in [4.78, 5) is 24.5. The van der Waals surface area contributed by atoms with E-state index in [-0.39, 0.29) is 11.3 Å². The van der Waals surface area contributed by atoms with Crippen LogP contribution in [-0.4, -0.2) is 42.5 Å². The number of benzene rings is 1. The van der Waals surface area contributed by atoms with Gasteiger partial charge in [-0.3, -0.25) is 4.79 Å². The molecule has 1 saturated carbocycles. The second-order valence-electron chi connectivity index (χ2n) is 6.26. The molecule has 0 spiro atoms. The molecule has 0 saturated heterocycles. The summed E-state index contributed by atoms with van der Waals surface area (Å²) in [6.07, 6.45) is 6.08. The number of hydrogen-bond acceptors (Lipinski definition) is 6. The maximum Gasteiger partial charge on any atom is 0.342 e. The molecule has 0 aliphatic heterocycles. The third-order valence-corrected chi connectivity index (χ3v) is 4.57. The normalized spacial score (nSPS) is 14.0. The van der Waals surface area contributed by atoms with Gasteiger partial charge < -0.3 is 19.5 Å². The van der Waals surface area contributed by atoms with E-state index >= 15 is 0 Å². The number of methoxy groups -OCH3 is 2. The smallest absolute Gasteiger partial charge is 0.342 e. The van der Waals surface area contributed by atoms with Gasteiger partial charge in [0.2, 0.25) is 0 Å².